The van der Waals surface area contributed by atoms with E-state index in [9.17, 15) is 13.5 Å². The molecule has 118 valence electrons. The van der Waals surface area contributed by atoms with E-state index < -0.39 is 20.3 Å². The lowest BCUT2D eigenvalue weighted by atomic mass is 10.2. The number of likely N-dealkylation sites (tertiary alicyclic amines) is 1. The monoisotopic (exact) mass is 332 g/mol. The molecule has 21 heavy (non-hydrogen) atoms. The molecule has 0 atom stereocenters. The smallest absolute Gasteiger partial charge is 0.189 e. The molecule has 3 N–H and O–H groups in total. The summed E-state index contributed by atoms with van der Waals surface area (Å²) < 4.78 is 24.8. The van der Waals surface area contributed by atoms with Gasteiger partial charge in [-0.3, -0.25) is 0 Å². The van der Waals surface area contributed by atoms with Gasteiger partial charge >= 0.3 is 0 Å². The van der Waals surface area contributed by atoms with Crippen LogP contribution in [0.25, 0.3) is 0 Å². The molecular formula is C14H21ClN2O3S. The lowest BCUT2D eigenvalue weighted by molar-refractivity contribution is 0.305. The van der Waals surface area contributed by atoms with Gasteiger partial charge in [0.05, 0.1) is 15.5 Å². The van der Waals surface area contributed by atoms with E-state index in [0.29, 0.717) is 6.54 Å². The second-order valence-electron chi connectivity index (χ2n) is 6.06. The molecule has 0 aliphatic carbocycles. The average Bonchev–Trinajstić information content (AvgIpc) is 2.86. The second-order valence-corrected chi connectivity index (χ2v) is 8.99. The predicted molar refractivity (Wildman–Crippen MR) is 84.5 cm³/mol. The highest BCUT2D eigenvalue weighted by atomic mass is 35.5. The number of nitrogens with zero attached hydrogens (tertiary/aromatic N) is 1. The molecule has 1 aromatic carbocycles. The molecule has 7 heteroatoms. The molecule has 2 rings (SSSR count). The van der Waals surface area contributed by atoms with Crippen molar-refractivity contribution in [1.29, 1.82) is 0 Å². The molecule has 0 saturated carbocycles. The molecule has 5 nitrogen and oxygen atoms in total. The summed E-state index contributed by atoms with van der Waals surface area (Å²) in [4.78, 5) is 1.85. The first-order chi connectivity index (χ1) is 9.67. The Labute approximate surface area is 130 Å². The maximum Gasteiger partial charge on any atom is 0.189 e. The Morgan fingerprint density at radius 3 is 2.48 bits per heavy atom. The van der Waals surface area contributed by atoms with E-state index in [1.165, 1.54) is 12.1 Å². The summed E-state index contributed by atoms with van der Waals surface area (Å²) >= 11 is 6.00. The summed E-state index contributed by atoms with van der Waals surface area (Å²) in [7, 11) is -3.81. The molecular weight excluding hydrogens is 312 g/mol. The van der Waals surface area contributed by atoms with Gasteiger partial charge in [0.2, 0.25) is 0 Å². The van der Waals surface area contributed by atoms with Gasteiger partial charge in [-0.15, -0.1) is 0 Å². The number of nitrogens with two attached hydrogens (primary N) is 1. The topological polar surface area (TPSA) is 83.6 Å². The van der Waals surface area contributed by atoms with E-state index >= 15 is 0 Å². The fraction of sp³-hybridized carbons (Fsp3) is 0.571. The minimum absolute atomic E-state index is 0.00352. The van der Waals surface area contributed by atoms with Gasteiger partial charge in [0.25, 0.3) is 0 Å². The molecule has 0 unspecified atom stereocenters. The highest BCUT2D eigenvalue weighted by Gasteiger charge is 2.41. The van der Waals surface area contributed by atoms with Crippen molar-refractivity contribution in [3.05, 3.63) is 17.2 Å². The van der Waals surface area contributed by atoms with Gasteiger partial charge in [-0.2, -0.15) is 0 Å². The molecule has 1 aliphatic rings. The van der Waals surface area contributed by atoms with Gasteiger partial charge in [-0.05, 0) is 51.9 Å². The van der Waals surface area contributed by atoms with E-state index in [0.717, 1.165) is 25.9 Å². The Morgan fingerprint density at radius 1 is 1.33 bits per heavy atom. The highest BCUT2D eigenvalue weighted by molar-refractivity contribution is 7.93. The molecule has 0 aromatic heterocycles. The van der Waals surface area contributed by atoms with Gasteiger partial charge in [0.1, 0.15) is 4.90 Å². The van der Waals surface area contributed by atoms with Crippen LogP contribution in [0.4, 0.5) is 5.69 Å². The molecule has 0 spiro atoms. The van der Waals surface area contributed by atoms with Gasteiger partial charge in [-0.25, -0.2) is 8.42 Å². The summed E-state index contributed by atoms with van der Waals surface area (Å²) in [6, 6.07) is 2.79. The van der Waals surface area contributed by atoms with Gasteiger partial charge in [0, 0.05) is 6.54 Å². The number of aromatic hydroxyl groups is 1. The highest BCUT2D eigenvalue weighted by Crippen LogP contribution is 2.40. The Kier molecular flexibility index (Phi) is 4.42. The zero-order chi connectivity index (χ0) is 15.8. The zero-order valence-electron chi connectivity index (χ0n) is 12.3. The van der Waals surface area contributed by atoms with Crippen LogP contribution in [-0.4, -0.2) is 42.8 Å². The van der Waals surface area contributed by atoms with Crippen LogP contribution >= 0.6 is 11.6 Å². The first kappa shape index (κ1) is 16.4. The minimum Gasteiger partial charge on any atom is -0.504 e. The van der Waals surface area contributed by atoms with E-state index in [4.69, 9.17) is 17.3 Å². The van der Waals surface area contributed by atoms with Crippen LogP contribution in [-0.2, 0) is 9.84 Å². The summed E-state index contributed by atoms with van der Waals surface area (Å²) in [6.07, 6.45) is 2.17. The van der Waals surface area contributed by atoms with E-state index in [1.54, 1.807) is 13.8 Å². The molecule has 0 bridgehead atoms. The van der Waals surface area contributed by atoms with Crippen molar-refractivity contribution in [2.45, 2.75) is 36.3 Å². The van der Waals surface area contributed by atoms with Gasteiger partial charge in [0.15, 0.2) is 15.6 Å². The van der Waals surface area contributed by atoms with Crippen LogP contribution in [0.5, 0.6) is 5.75 Å². The molecule has 1 saturated heterocycles. The average molecular weight is 333 g/mol. The third kappa shape index (κ3) is 2.98. The fourth-order valence-electron chi connectivity index (χ4n) is 2.66. The van der Waals surface area contributed by atoms with Crippen molar-refractivity contribution < 1.29 is 13.5 Å². The Hall–Kier alpha value is -0.980. The van der Waals surface area contributed by atoms with Crippen molar-refractivity contribution in [1.82, 2.24) is 4.90 Å². The van der Waals surface area contributed by atoms with Crippen LogP contribution in [0.1, 0.15) is 26.7 Å². The number of hydrogen-bond donors (Lipinski definition) is 2. The Morgan fingerprint density at radius 2 is 1.90 bits per heavy atom. The predicted octanol–water partition coefficient (Wildman–Crippen LogP) is 2.28. The van der Waals surface area contributed by atoms with Gasteiger partial charge in [-0.1, -0.05) is 11.6 Å². The standard InChI is InChI=1S/C14H21ClN2O3S/c1-14(2,9-17-7-3-4-8-17)21(19,20)13-10(15)5-6-11(16)12(13)18/h5-6,18H,3-4,7-9,16H2,1-2H3. The van der Waals surface area contributed by atoms with Crippen LogP contribution < -0.4 is 5.73 Å². The number of hydrogen-bond acceptors (Lipinski definition) is 5. The quantitative estimate of drug-likeness (QED) is 0.652. The molecule has 0 amide bonds. The van der Waals surface area contributed by atoms with Crippen LogP contribution in [0, 0.1) is 0 Å². The third-order valence-electron chi connectivity index (χ3n) is 3.91. The van der Waals surface area contributed by atoms with Crippen molar-refractivity contribution >= 4 is 27.1 Å². The number of halogens is 1. The Balaban J connectivity index is 2.43. The van der Waals surface area contributed by atoms with Gasteiger partial charge < -0.3 is 15.7 Å². The van der Waals surface area contributed by atoms with Crippen LogP contribution in [0.15, 0.2) is 17.0 Å². The summed E-state index contributed by atoms with van der Waals surface area (Å²) in [6.45, 7) is 5.50. The number of phenols is 1. The largest absolute Gasteiger partial charge is 0.504 e. The van der Waals surface area contributed by atoms with Crippen LogP contribution in [0.2, 0.25) is 5.02 Å². The maximum absolute atomic E-state index is 12.9. The number of rotatable bonds is 4. The first-order valence-corrected chi connectivity index (χ1v) is 8.77. The number of nitrogen functional groups attached to an aromatic ring is 1. The number of anilines is 1. The van der Waals surface area contributed by atoms with E-state index in [1.807, 2.05) is 0 Å². The minimum atomic E-state index is -3.81. The Bertz CT molecular complexity index is 638. The van der Waals surface area contributed by atoms with Crippen LogP contribution in [0.3, 0.4) is 0 Å². The number of benzene rings is 1. The first-order valence-electron chi connectivity index (χ1n) is 6.91. The third-order valence-corrected chi connectivity index (χ3v) is 6.88. The molecule has 1 fully saturated rings. The van der Waals surface area contributed by atoms with Crippen molar-refractivity contribution in [3.63, 3.8) is 0 Å². The fourth-order valence-corrected chi connectivity index (χ4v) is 4.72. The maximum atomic E-state index is 12.9. The molecule has 1 aromatic rings. The molecule has 1 aliphatic heterocycles. The molecule has 0 radical (unpaired) electrons. The van der Waals surface area contributed by atoms with Crippen molar-refractivity contribution in [2.75, 3.05) is 25.4 Å². The van der Waals surface area contributed by atoms with E-state index in [2.05, 4.69) is 4.90 Å². The normalized spacial score (nSPS) is 17.3. The van der Waals surface area contributed by atoms with E-state index in [-0.39, 0.29) is 15.6 Å². The summed E-state index contributed by atoms with van der Waals surface area (Å²) in [5.41, 5.74) is 5.62. The SMILES string of the molecule is CC(C)(CN1CCCC1)S(=O)(=O)c1c(Cl)ccc(N)c1O. The number of sulfone groups is 1. The summed E-state index contributed by atoms with van der Waals surface area (Å²) in [5, 5.41) is 10.0. The second kappa shape index (κ2) is 5.66. The van der Waals surface area contributed by atoms with Crippen molar-refractivity contribution in [2.24, 2.45) is 0 Å². The summed E-state index contributed by atoms with van der Waals surface area (Å²) in [5.74, 6) is -0.461. The lowest BCUT2D eigenvalue weighted by Crippen LogP contribution is -2.43. The lowest BCUT2D eigenvalue weighted by Gasteiger charge is -2.30. The number of phenolic OH excluding ortho intramolecular Hbond substituents is 1. The zero-order valence-corrected chi connectivity index (χ0v) is 13.8. The molecule has 1 heterocycles. The van der Waals surface area contributed by atoms with Crippen molar-refractivity contribution in [3.8, 4) is 5.75 Å².